The Bertz CT molecular complexity index is 363. The van der Waals surface area contributed by atoms with Gasteiger partial charge in [-0.3, -0.25) is 4.79 Å². The maximum absolute atomic E-state index is 11.7. The maximum atomic E-state index is 11.7. The van der Waals surface area contributed by atoms with Crippen molar-refractivity contribution in [3.8, 4) is 0 Å². The minimum atomic E-state index is -0.254. The molecular formula is C12H18BrNO3. The number of carbonyl (C=O) groups excluding carboxylic acids is 1. The Labute approximate surface area is 110 Å². The molecular weight excluding hydrogens is 286 g/mol. The third-order valence-corrected chi connectivity index (χ3v) is 3.68. The molecule has 1 aromatic rings. The van der Waals surface area contributed by atoms with E-state index >= 15 is 0 Å². The topological polar surface area (TPSA) is 62.5 Å². The predicted octanol–water partition coefficient (Wildman–Crippen LogP) is 2.57. The number of halogens is 1. The Kier molecular flexibility index (Phi) is 5.21. The average Bonchev–Trinajstić information content (AvgIpc) is 2.78. The Morgan fingerprint density at radius 1 is 1.47 bits per heavy atom. The summed E-state index contributed by atoms with van der Waals surface area (Å²) in [7, 11) is 0. The summed E-state index contributed by atoms with van der Waals surface area (Å²) >= 11 is 3.15. The van der Waals surface area contributed by atoms with Crippen molar-refractivity contribution in [1.82, 2.24) is 5.32 Å². The van der Waals surface area contributed by atoms with Gasteiger partial charge in [-0.25, -0.2) is 0 Å². The van der Waals surface area contributed by atoms with Crippen LogP contribution in [0.1, 0.15) is 37.2 Å². The van der Waals surface area contributed by atoms with Gasteiger partial charge in [-0.2, -0.15) is 0 Å². The zero-order valence-corrected chi connectivity index (χ0v) is 11.7. The average molecular weight is 304 g/mol. The number of hydrogen-bond donors (Lipinski definition) is 2. The number of carbonyl (C=O) groups is 1. The predicted molar refractivity (Wildman–Crippen MR) is 68.8 cm³/mol. The zero-order valence-electron chi connectivity index (χ0n) is 10.1. The van der Waals surface area contributed by atoms with E-state index in [0.717, 1.165) is 12.8 Å². The molecule has 17 heavy (non-hydrogen) atoms. The van der Waals surface area contributed by atoms with Crippen molar-refractivity contribution >= 4 is 21.8 Å². The van der Waals surface area contributed by atoms with Gasteiger partial charge < -0.3 is 14.8 Å². The van der Waals surface area contributed by atoms with E-state index in [1.807, 2.05) is 13.8 Å². The standard InChI is InChI=1S/C12H18BrNO3/c1-3-12(4-2,8-15)7-14-11(16)9-5-6-10(13)17-9/h5-6,15H,3-4,7-8H2,1-2H3,(H,14,16). The molecule has 0 saturated heterocycles. The van der Waals surface area contributed by atoms with Gasteiger partial charge in [0.25, 0.3) is 5.91 Å². The molecule has 96 valence electrons. The van der Waals surface area contributed by atoms with E-state index in [0.29, 0.717) is 11.2 Å². The first-order valence-electron chi connectivity index (χ1n) is 5.71. The lowest BCUT2D eigenvalue weighted by molar-refractivity contribution is 0.0826. The van der Waals surface area contributed by atoms with Gasteiger partial charge in [-0.05, 0) is 40.9 Å². The molecule has 0 aromatic carbocycles. The van der Waals surface area contributed by atoms with Crippen molar-refractivity contribution in [1.29, 1.82) is 0 Å². The smallest absolute Gasteiger partial charge is 0.287 e. The van der Waals surface area contributed by atoms with E-state index in [2.05, 4.69) is 21.2 Å². The molecule has 1 amide bonds. The molecule has 0 radical (unpaired) electrons. The highest BCUT2D eigenvalue weighted by Gasteiger charge is 2.26. The van der Waals surface area contributed by atoms with Crippen molar-refractivity contribution < 1.29 is 14.3 Å². The molecule has 0 fully saturated rings. The fourth-order valence-electron chi connectivity index (χ4n) is 1.57. The molecule has 0 spiro atoms. The third kappa shape index (κ3) is 3.57. The van der Waals surface area contributed by atoms with E-state index in [1.165, 1.54) is 0 Å². The highest BCUT2D eigenvalue weighted by molar-refractivity contribution is 9.10. The van der Waals surface area contributed by atoms with Crippen molar-refractivity contribution in [2.45, 2.75) is 26.7 Å². The van der Waals surface area contributed by atoms with E-state index in [4.69, 9.17) is 4.42 Å². The largest absolute Gasteiger partial charge is 0.444 e. The summed E-state index contributed by atoms with van der Waals surface area (Å²) in [6.45, 7) is 4.54. The number of nitrogens with one attached hydrogen (secondary N) is 1. The van der Waals surface area contributed by atoms with E-state index in [1.54, 1.807) is 12.1 Å². The highest BCUT2D eigenvalue weighted by atomic mass is 79.9. The molecule has 0 bridgehead atoms. The van der Waals surface area contributed by atoms with Crippen LogP contribution in [0.5, 0.6) is 0 Å². The van der Waals surface area contributed by atoms with Crippen molar-refractivity contribution in [3.63, 3.8) is 0 Å². The molecule has 0 atom stereocenters. The van der Waals surface area contributed by atoms with Gasteiger partial charge in [-0.1, -0.05) is 13.8 Å². The zero-order chi connectivity index (χ0) is 12.9. The SMILES string of the molecule is CCC(CC)(CO)CNC(=O)c1ccc(Br)o1. The van der Waals surface area contributed by atoms with Crippen LogP contribution in [0.3, 0.4) is 0 Å². The van der Waals surface area contributed by atoms with Gasteiger partial charge in [0.2, 0.25) is 0 Å². The molecule has 0 aliphatic rings. The Hall–Kier alpha value is -0.810. The summed E-state index contributed by atoms with van der Waals surface area (Å²) < 4.78 is 5.68. The fourth-order valence-corrected chi connectivity index (χ4v) is 1.88. The van der Waals surface area contributed by atoms with Crippen molar-refractivity contribution in [3.05, 3.63) is 22.6 Å². The number of furan rings is 1. The van der Waals surface area contributed by atoms with Gasteiger partial charge >= 0.3 is 0 Å². The van der Waals surface area contributed by atoms with Crippen LogP contribution < -0.4 is 5.32 Å². The van der Waals surface area contributed by atoms with Crippen LogP contribution in [-0.2, 0) is 0 Å². The van der Waals surface area contributed by atoms with Gasteiger partial charge in [0.1, 0.15) is 0 Å². The van der Waals surface area contributed by atoms with E-state index in [-0.39, 0.29) is 23.7 Å². The summed E-state index contributed by atoms with van der Waals surface area (Å²) in [5.74, 6) is 0.0198. The first kappa shape index (κ1) is 14.3. The molecule has 0 aliphatic carbocycles. The van der Waals surface area contributed by atoms with Gasteiger partial charge in [0, 0.05) is 12.0 Å². The summed E-state index contributed by atoms with van der Waals surface area (Å²) in [6, 6.07) is 3.28. The number of rotatable bonds is 6. The fraction of sp³-hybridized carbons (Fsp3) is 0.583. The van der Waals surface area contributed by atoms with Crippen molar-refractivity contribution in [2.24, 2.45) is 5.41 Å². The lowest BCUT2D eigenvalue weighted by Crippen LogP contribution is -2.39. The van der Waals surface area contributed by atoms with E-state index in [9.17, 15) is 9.90 Å². The first-order chi connectivity index (χ1) is 8.06. The number of hydrogen-bond acceptors (Lipinski definition) is 3. The van der Waals surface area contributed by atoms with Crippen LogP contribution >= 0.6 is 15.9 Å². The van der Waals surface area contributed by atoms with E-state index < -0.39 is 0 Å². The van der Waals surface area contributed by atoms with Gasteiger partial charge in [-0.15, -0.1) is 0 Å². The molecule has 1 rings (SSSR count). The molecule has 0 aliphatic heterocycles. The quantitative estimate of drug-likeness (QED) is 0.849. The summed E-state index contributed by atoms with van der Waals surface area (Å²) in [6.07, 6.45) is 1.64. The Balaban J connectivity index is 2.58. The van der Waals surface area contributed by atoms with Crippen LogP contribution in [0, 0.1) is 5.41 Å². The van der Waals surface area contributed by atoms with Gasteiger partial charge in [0.15, 0.2) is 10.4 Å². The lowest BCUT2D eigenvalue weighted by Gasteiger charge is -2.29. The van der Waals surface area contributed by atoms with Gasteiger partial charge in [0.05, 0.1) is 6.61 Å². The Morgan fingerprint density at radius 3 is 2.53 bits per heavy atom. The summed E-state index contributed by atoms with van der Waals surface area (Å²) in [5, 5.41) is 12.2. The lowest BCUT2D eigenvalue weighted by atomic mass is 9.83. The summed E-state index contributed by atoms with van der Waals surface area (Å²) in [5.41, 5.74) is -0.237. The highest BCUT2D eigenvalue weighted by Crippen LogP contribution is 2.24. The van der Waals surface area contributed by atoms with Crippen molar-refractivity contribution in [2.75, 3.05) is 13.2 Å². The molecule has 0 saturated carbocycles. The molecule has 2 N–H and O–H groups in total. The number of aliphatic hydroxyl groups excluding tert-OH is 1. The second-order valence-corrected chi connectivity index (χ2v) is 4.93. The second-order valence-electron chi connectivity index (χ2n) is 4.15. The molecule has 1 aromatic heterocycles. The summed E-state index contributed by atoms with van der Waals surface area (Å²) in [4.78, 5) is 11.7. The van der Waals surface area contributed by atoms with Crippen LogP contribution in [0.25, 0.3) is 0 Å². The molecule has 4 nitrogen and oxygen atoms in total. The Morgan fingerprint density at radius 2 is 2.12 bits per heavy atom. The normalized spacial score (nSPS) is 11.5. The van der Waals surface area contributed by atoms with Crippen LogP contribution in [0.15, 0.2) is 21.2 Å². The maximum Gasteiger partial charge on any atom is 0.287 e. The number of amides is 1. The third-order valence-electron chi connectivity index (χ3n) is 3.26. The van der Waals surface area contributed by atoms with Crippen LogP contribution in [-0.4, -0.2) is 24.2 Å². The number of aliphatic hydroxyl groups is 1. The minimum absolute atomic E-state index is 0.0716. The van der Waals surface area contributed by atoms with Crippen LogP contribution in [0.2, 0.25) is 0 Å². The first-order valence-corrected chi connectivity index (χ1v) is 6.50. The second kappa shape index (κ2) is 6.21. The minimum Gasteiger partial charge on any atom is -0.444 e. The molecule has 0 unspecified atom stereocenters. The monoisotopic (exact) mass is 303 g/mol. The van der Waals surface area contributed by atoms with Crippen LogP contribution in [0.4, 0.5) is 0 Å². The molecule has 1 heterocycles. The molecule has 5 heteroatoms.